The zero-order valence-corrected chi connectivity index (χ0v) is 10.7. The molecule has 2 rings (SSSR count). The van der Waals surface area contributed by atoms with E-state index in [0.29, 0.717) is 0 Å². The van der Waals surface area contributed by atoms with Crippen LogP contribution in [0.3, 0.4) is 0 Å². The number of halogens is 2. The number of nitriles is 1. The van der Waals surface area contributed by atoms with E-state index in [2.05, 4.69) is 0 Å². The Morgan fingerprint density at radius 1 is 1.35 bits per heavy atom. The van der Waals surface area contributed by atoms with Crippen molar-refractivity contribution >= 4 is 17.6 Å². The predicted molar refractivity (Wildman–Crippen MR) is 69.6 cm³/mol. The Morgan fingerprint density at radius 2 is 2.10 bits per heavy atom. The third-order valence-electron chi connectivity index (χ3n) is 2.49. The van der Waals surface area contributed by atoms with Crippen LogP contribution < -0.4 is 4.74 Å². The van der Waals surface area contributed by atoms with Crippen molar-refractivity contribution in [2.24, 2.45) is 0 Å². The third kappa shape index (κ3) is 2.71. The van der Waals surface area contributed by atoms with E-state index in [1.54, 1.807) is 6.07 Å². The van der Waals surface area contributed by atoms with Gasteiger partial charge in [0, 0.05) is 6.07 Å². The Kier molecular flexibility index (Phi) is 3.87. The van der Waals surface area contributed by atoms with Gasteiger partial charge in [0.05, 0.1) is 10.6 Å². The molecule has 0 heterocycles. The highest BCUT2D eigenvalue weighted by Gasteiger charge is 2.13. The number of hydrogen-bond acceptors (Lipinski definition) is 3. The van der Waals surface area contributed by atoms with Crippen molar-refractivity contribution in [2.75, 3.05) is 0 Å². The minimum Gasteiger partial charge on any atom is -0.478 e. The van der Waals surface area contributed by atoms with Crippen molar-refractivity contribution in [1.29, 1.82) is 5.26 Å². The van der Waals surface area contributed by atoms with Gasteiger partial charge in [-0.05, 0) is 24.3 Å². The summed E-state index contributed by atoms with van der Waals surface area (Å²) in [5.74, 6) is -2.04. The highest BCUT2D eigenvalue weighted by Crippen LogP contribution is 2.30. The molecule has 0 aromatic heterocycles. The van der Waals surface area contributed by atoms with Gasteiger partial charge in [-0.3, -0.25) is 0 Å². The lowest BCUT2D eigenvalue weighted by atomic mass is 10.2. The van der Waals surface area contributed by atoms with E-state index in [1.807, 2.05) is 6.07 Å². The molecule has 2 aromatic carbocycles. The van der Waals surface area contributed by atoms with Crippen molar-refractivity contribution in [3.05, 3.63) is 58.4 Å². The molecule has 0 aliphatic carbocycles. The minimum absolute atomic E-state index is 0.0752. The van der Waals surface area contributed by atoms with E-state index in [-0.39, 0.29) is 22.1 Å². The first-order chi connectivity index (χ1) is 9.52. The molecule has 100 valence electrons. The molecule has 2 aromatic rings. The van der Waals surface area contributed by atoms with E-state index < -0.39 is 17.3 Å². The summed E-state index contributed by atoms with van der Waals surface area (Å²) in [6.45, 7) is 0. The maximum Gasteiger partial charge on any atom is 0.338 e. The van der Waals surface area contributed by atoms with E-state index >= 15 is 0 Å². The van der Waals surface area contributed by atoms with Gasteiger partial charge < -0.3 is 9.84 Å². The van der Waals surface area contributed by atoms with Crippen molar-refractivity contribution in [3.8, 4) is 17.6 Å². The van der Waals surface area contributed by atoms with Crippen molar-refractivity contribution in [3.63, 3.8) is 0 Å². The molecule has 0 spiro atoms. The summed E-state index contributed by atoms with van der Waals surface area (Å²) in [4.78, 5) is 10.7. The number of benzene rings is 2. The lowest BCUT2D eigenvalue weighted by Gasteiger charge is -2.08. The first-order valence-corrected chi connectivity index (χ1v) is 5.80. The molecule has 0 amide bonds. The number of carboxylic acids is 1. The van der Waals surface area contributed by atoms with E-state index in [4.69, 9.17) is 26.7 Å². The second-order valence-corrected chi connectivity index (χ2v) is 4.18. The number of rotatable bonds is 3. The van der Waals surface area contributed by atoms with Crippen LogP contribution >= 0.6 is 11.6 Å². The van der Waals surface area contributed by atoms with Crippen LogP contribution in [0.4, 0.5) is 4.39 Å². The molecule has 0 bridgehead atoms. The highest BCUT2D eigenvalue weighted by molar-refractivity contribution is 6.31. The lowest BCUT2D eigenvalue weighted by Crippen LogP contribution is -2.00. The van der Waals surface area contributed by atoms with Crippen LogP contribution in [0.15, 0.2) is 36.4 Å². The number of ether oxygens (including phenoxy) is 1. The topological polar surface area (TPSA) is 70.3 Å². The van der Waals surface area contributed by atoms with Gasteiger partial charge >= 0.3 is 5.97 Å². The molecular formula is C14H7ClFNO3. The minimum atomic E-state index is -1.37. The normalized spacial score (nSPS) is 9.85. The summed E-state index contributed by atoms with van der Waals surface area (Å²) in [7, 11) is 0. The third-order valence-corrected chi connectivity index (χ3v) is 2.80. The summed E-state index contributed by atoms with van der Waals surface area (Å²) in [6.07, 6.45) is 0. The zero-order chi connectivity index (χ0) is 14.7. The maximum atomic E-state index is 13.5. The van der Waals surface area contributed by atoms with Gasteiger partial charge in [-0.2, -0.15) is 5.26 Å². The quantitative estimate of drug-likeness (QED) is 0.932. The van der Waals surface area contributed by atoms with E-state index in [0.717, 1.165) is 12.1 Å². The van der Waals surface area contributed by atoms with Gasteiger partial charge in [-0.15, -0.1) is 0 Å². The summed E-state index contributed by atoms with van der Waals surface area (Å²) >= 11 is 5.84. The number of aromatic carboxylic acids is 1. The molecule has 0 aliphatic heterocycles. The van der Waals surface area contributed by atoms with Crippen LogP contribution in [0.2, 0.25) is 5.02 Å². The molecule has 0 aliphatic rings. The molecule has 0 unspecified atom stereocenters. The largest absolute Gasteiger partial charge is 0.478 e. The molecule has 0 atom stereocenters. The molecule has 0 fully saturated rings. The van der Waals surface area contributed by atoms with Crippen molar-refractivity contribution in [2.45, 2.75) is 0 Å². The summed E-state index contributed by atoms with van der Waals surface area (Å²) in [5, 5.41) is 17.9. The molecule has 1 N–H and O–H groups in total. The van der Waals surface area contributed by atoms with Crippen LogP contribution in [0.1, 0.15) is 15.9 Å². The van der Waals surface area contributed by atoms with Gasteiger partial charge in [-0.1, -0.05) is 17.7 Å². The SMILES string of the molecule is N#Cc1c(Cl)cccc1Oc1ccc(C(=O)O)c(F)c1. The van der Waals surface area contributed by atoms with E-state index in [9.17, 15) is 9.18 Å². The predicted octanol–water partition coefficient (Wildman–Crippen LogP) is 3.84. The molecule has 0 saturated carbocycles. The van der Waals surface area contributed by atoms with Gasteiger partial charge in [0.1, 0.15) is 28.9 Å². The lowest BCUT2D eigenvalue weighted by molar-refractivity contribution is 0.0692. The summed E-state index contributed by atoms with van der Waals surface area (Å²) in [6, 6.07) is 9.83. The van der Waals surface area contributed by atoms with Crippen molar-refractivity contribution < 1.29 is 19.0 Å². The van der Waals surface area contributed by atoms with Gasteiger partial charge in [0.15, 0.2) is 0 Å². The fraction of sp³-hybridized carbons (Fsp3) is 0. The van der Waals surface area contributed by atoms with Gasteiger partial charge in [0.2, 0.25) is 0 Å². The monoisotopic (exact) mass is 291 g/mol. The highest BCUT2D eigenvalue weighted by atomic mass is 35.5. The average molecular weight is 292 g/mol. The maximum absolute atomic E-state index is 13.5. The smallest absolute Gasteiger partial charge is 0.338 e. The van der Waals surface area contributed by atoms with Crippen LogP contribution in [-0.2, 0) is 0 Å². The van der Waals surface area contributed by atoms with Crippen LogP contribution in [0.25, 0.3) is 0 Å². The fourth-order valence-electron chi connectivity index (χ4n) is 1.56. The average Bonchev–Trinajstić information content (AvgIpc) is 2.38. The van der Waals surface area contributed by atoms with Crippen LogP contribution in [-0.4, -0.2) is 11.1 Å². The fourth-order valence-corrected chi connectivity index (χ4v) is 1.77. The molecule has 6 heteroatoms. The molecule has 0 saturated heterocycles. The Hall–Kier alpha value is -2.58. The van der Waals surface area contributed by atoms with Crippen molar-refractivity contribution in [1.82, 2.24) is 0 Å². The summed E-state index contributed by atoms with van der Waals surface area (Å²) < 4.78 is 18.9. The Labute approximate surface area is 118 Å². The van der Waals surface area contributed by atoms with Gasteiger partial charge in [0.25, 0.3) is 0 Å². The Balaban J connectivity index is 2.37. The molecule has 20 heavy (non-hydrogen) atoms. The standard InChI is InChI=1S/C14H7ClFNO3/c15-11-2-1-3-13(10(11)7-17)20-8-4-5-9(14(18)19)12(16)6-8/h1-6H,(H,18,19). The molecular weight excluding hydrogens is 285 g/mol. The number of carbonyl (C=O) groups is 1. The Bertz CT molecular complexity index is 725. The zero-order valence-electron chi connectivity index (χ0n) is 9.93. The van der Waals surface area contributed by atoms with Crippen LogP contribution in [0, 0.1) is 17.1 Å². The molecule has 0 radical (unpaired) electrons. The van der Waals surface area contributed by atoms with Gasteiger partial charge in [-0.25, -0.2) is 9.18 Å². The van der Waals surface area contributed by atoms with Crippen LogP contribution in [0.5, 0.6) is 11.5 Å². The second-order valence-electron chi connectivity index (χ2n) is 3.77. The molecule has 4 nitrogen and oxygen atoms in total. The van der Waals surface area contributed by atoms with E-state index in [1.165, 1.54) is 18.2 Å². The first kappa shape index (κ1) is 13.8. The number of hydrogen-bond donors (Lipinski definition) is 1. The number of carboxylic acid groups (broad SMARTS) is 1. The summed E-state index contributed by atoms with van der Waals surface area (Å²) in [5.41, 5.74) is -0.333. The number of nitrogens with zero attached hydrogens (tertiary/aromatic N) is 1. The first-order valence-electron chi connectivity index (χ1n) is 5.42. The Morgan fingerprint density at radius 3 is 2.70 bits per heavy atom. The second kappa shape index (κ2) is 5.59.